The summed E-state index contributed by atoms with van der Waals surface area (Å²) in [5.74, 6) is 0.914. The van der Waals surface area contributed by atoms with Gasteiger partial charge in [0.25, 0.3) is 0 Å². The highest BCUT2D eigenvalue weighted by Crippen LogP contribution is 2.27. The standard InChI is InChI=1S/C21H28N2O2/c1-16-9-11-17(12-10-16)13-14-21(24)22-15-19(23(2)3)18-7-5-6-8-20(18)25-4/h5-12,19H,13-15H2,1-4H3,(H,22,24). The number of nitrogens with zero attached hydrogens (tertiary/aromatic N) is 1. The average Bonchev–Trinajstić information content (AvgIpc) is 2.61. The minimum Gasteiger partial charge on any atom is -0.496 e. The van der Waals surface area contributed by atoms with Crippen LogP contribution in [0, 0.1) is 6.92 Å². The summed E-state index contributed by atoms with van der Waals surface area (Å²) in [6.45, 7) is 2.62. The van der Waals surface area contributed by atoms with Crippen LogP contribution < -0.4 is 10.1 Å². The lowest BCUT2D eigenvalue weighted by Crippen LogP contribution is -2.34. The fourth-order valence-corrected chi connectivity index (χ4v) is 2.82. The molecule has 1 amide bonds. The summed E-state index contributed by atoms with van der Waals surface area (Å²) in [4.78, 5) is 14.3. The van der Waals surface area contributed by atoms with Crippen molar-refractivity contribution in [3.8, 4) is 5.75 Å². The molecule has 4 heteroatoms. The molecular formula is C21H28N2O2. The summed E-state index contributed by atoms with van der Waals surface area (Å²) >= 11 is 0. The van der Waals surface area contributed by atoms with Crippen LogP contribution in [0.2, 0.25) is 0 Å². The van der Waals surface area contributed by atoms with E-state index >= 15 is 0 Å². The van der Waals surface area contributed by atoms with Gasteiger partial charge in [-0.25, -0.2) is 0 Å². The zero-order chi connectivity index (χ0) is 18.2. The number of para-hydroxylation sites is 1. The second-order valence-electron chi connectivity index (χ2n) is 6.51. The smallest absolute Gasteiger partial charge is 0.220 e. The molecule has 0 aliphatic rings. The van der Waals surface area contributed by atoms with Gasteiger partial charge in [0.2, 0.25) is 5.91 Å². The number of ether oxygens (including phenoxy) is 1. The molecule has 2 aromatic carbocycles. The van der Waals surface area contributed by atoms with E-state index in [1.807, 2.05) is 38.4 Å². The van der Waals surface area contributed by atoms with E-state index in [9.17, 15) is 4.79 Å². The second-order valence-corrected chi connectivity index (χ2v) is 6.51. The van der Waals surface area contributed by atoms with E-state index in [1.54, 1.807) is 7.11 Å². The van der Waals surface area contributed by atoms with Crippen molar-refractivity contribution in [3.05, 3.63) is 65.2 Å². The largest absolute Gasteiger partial charge is 0.496 e. The highest BCUT2D eigenvalue weighted by Gasteiger charge is 2.18. The van der Waals surface area contributed by atoms with Gasteiger partial charge in [0.1, 0.15) is 5.75 Å². The Hall–Kier alpha value is -2.33. The number of carbonyl (C=O) groups is 1. The van der Waals surface area contributed by atoms with E-state index in [1.165, 1.54) is 11.1 Å². The third-order valence-electron chi connectivity index (χ3n) is 4.38. The number of hydrogen-bond donors (Lipinski definition) is 1. The van der Waals surface area contributed by atoms with Crippen molar-refractivity contribution in [2.75, 3.05) is 27.7 Å². The van der Waals surface area contributed by atoms with Crippen LogP contribution in [0.4, 0.5) is 0 Å². The van der Waals surface area contributed by atoms with Gasteiger partial charge in [0, 0.05) is 18.5 Å². The maximum Gasteiger partial charge on any atom is 0.220 e. The number of benzene rings is 2. The molecule has 1 unspecified atom stereocenters. The molecule has 0 aliphatic carbocycles. The molecule has 0 spiro atoms. The van der Waals surface area contributed by atoms with Crippen LogP contribution in [0.15, 0.2) is 48.5 Å². The molecule has 0 saturated carbocycles. The molecular weight excluding hydrogens is 312 g/mol. The second kappa shape index (κ2) is 9.23. The van der Waals surface area contributed by atoms with E-state index in [2.05, 4.69) is 41.4 Å². The van der Waals surface area contributed by atoms with Crippen LogP contribution >= 0.6 is 0 Å². The van der Waals surface area contributed by atoms with Gasteiger partial charge in [-0.2, -0.15) is 0 Å². The van der Waals surface area contributed by atoms with Gasteiger partial charge in [0.05, 0.1) is 13.2 Å². The van der Waals surface area contributed by atoms with E-state index < -0.39 is 0 Å². The molecule has 1 N–H and O–H groups in total. The number of methoxy groups -OCH3 is 1. The molecule has 0 heterocycles. The van der Waals surface area contributed by atoms with Crippen molar-refractivity contribution in [1.82, 2.24) is 10.2 Å². The van der Waals surface area contributed by atoms with Crippen LogP contribution in [0.1, 0.15) is 29.2 Å². The SMILES string of the molecule is COc1ccccc1C(CNC(=O)CCc1ccc(C)cc1)N(C)C. The van der Waals surface area contributed by atoms with Gasteiger partial charge >= 0.3 is 0 Å². The Labute approximate surface area is 150 Å². The molecule has 0 aliphatic heterocycles. The first-order chi connectivity index (χ1) is 12.0. The van der Waals surface area contributed by atoms with Crippen LogP contribution in [0.25, 0.3) is 0 Å². The third kappa shape index (κ3) is 5.61. The van der Waals surface area contributed by atoms with Crippen molar-refractivity contribution in [1.29, 1.82) is 0 Å². The predicted molar refractivity (Wildman–Crippen MR) is 102 cm³/mol. The molecule has 25 heavy (non-hydrogen) atoms. The van der Waals surface area contributed by atoms with Crippen LogP contribution in [-0.2, 0) is 11.2 Å². The summed E-state index contributed by atoms with van der Waals surface area (Å²) < 4.78 is 5.46. The lowest BCUT2D eigenvalue weighted by molar-refractivity contribution is -0.121. The zero-order valence-corrected chi connectivity index (χ0v) is 15.6. The first kappa shape index (κ1) is 19.0. The number of likely N-dealkylation sites (N-methyl/N-ethyl adjacent to an activating group) is 1. The molecule has 0 aromatic heterocycles. The number of amides is 1. The van der Waals surface area contributed by atoms with Crippen molar-refractivity contribution >= 4 is 5.91 Å². The zero-order valence-electron chi connectivity index (χ0n) is 15.6. The summed E-state index contributed by atoms with van der Waals surface area (Å²) in [5, 5.41) is 3.06. The number of hydrogen-bond acceptors (Lipinski definition) is 3. The molecule has 0 bridgehead atoms. The molecule has 4 nitrogen and oxygen atoms in total. The van der Waals surface area contributed by atoms with E-state index in [0.717, 1.165) is 17.7 Å². The van der Waals surface area contributed by atoms with Gasteiger partial charge in [-0.3, -0.25) is 4.79 Å². The maximum atomic E-state index is 12.2. The molecule has 0 radical (unpaired) electrons. The number of aryl methyl sites for hydroxylation is 2. The minimum atomic E-state index is 0.0690. The molecule has 0 saturated heterocycles. The highest BCUT2D eigenvalue weighted by molar-refractivity contribution is 5.76. The maximum absolute atomic E-state index is 12.2. The monoisotopic (exact) mass is 340 g/mol. The topological polar surface area (TPSA) is 41.6 Å². The van der Waals surface area contributed by atoms with E-state index in [0.29, 0.717) is 13.0 Å². The Balaban J connectivity index is 1.92. The number of nitrogens with one attached hydrogen (secondary N) is 1. The summed E-state index contributed by atoms with van der Waals surface area (Å²) in [7, 11) is 5.69. The molecule has 2 aromatic rings. The molecule has 2 rings (SSSR count). The quantitative estimate of drug-likeness (QED) is 0.801. The first-order valence-corrected chi connectivity index (χ1v) is 8.63. The molecule has 1 atom stereocenters. The van der Waals surface area contributed by atoms with Gasteiger partial charge in [-0.1, -0.05) is 48.0 Å². The van der Waals surface area contributed by atoms with Gasteiger partial charge < -0.3 is 15.0 Å². The van der Waals surface area contributed by atoms with Crippen LogP contribution in [0.3, 0.4) is 0 Å². The first-order valence-electron chi connectivity index (χ1n) is 8.63. The Morgan fingerprint density at radius 1 is 1.12 bits per heavy atom. The lowest BCUT2D eigenvalue weighted by Gasteiger charge is -2.26. The van der Waals surface area contributed by atoms with E-state index in [-0.39, 0.29) is 11.9 Å². The lowest BCUT2D eigenvalue weighted by atomic mass is 10.0. The van der Waals surface area contributed by atoms with Gasteiger partial charge in [-0.05, 0) is 39.1 Å². The van der Waals surface area contributed by atoms with E-state index in [4.69, 9.17) is 4.74 Å². The molecule has 0 fully saturated rings. The normalized spacial score (nSPS) is 12.0. The Kier molecular flexibility index (Phi) is 7.02. The molecule has 134 valence electrons. The Bertz CT molecular complexity index is 681. The Morgan fingerprint density at radius 3 is 2.44 bits per heavy atom. The predicted octanol–water partition coefficient (Wildman–Crippen LogP) is 3.36. The van der Waals surface area contributed by atoms with Crippen molar-refractivity contribution in [3.63, 3.8) is 0 Å². The highest BCUT2D eigenvalue weighted by atomic mass is 16.5. The van der Waals surface area contributed by atoms with Gasteiger partial charge in [0.15, 0.2) is 0 Å². The summed E-state index contributed by atoms with van der Waals surface area (Å²) in [6.07, 6.45) is 1.25. The summed E-state index contributed by atoms with van der Waals surface area (Å²) in [5.41, 5.74) is 3.50. The fourth-order valence-electron chi connectivity index (χ4n) is 2.82. The number of carbonyl (C=O) groups excluding carboxylic acids is 1. The fraction of sp³-hybridized carbons (Fsp3) is 0.381. The third-order valence-corrected chi connectivity index (χ3v) is 4.38. The van der Waals surface area contributed by atoms with Crippen molar-refractivity contribution < 1.29 is 9.53 Å². The van der Waals surface area contributed by atoms with Crippen molar-refractivity contribution in [2.45, 2.75) is 25.8 Å². The van der Waals surface area contributed by atoms with Gasteiger partial charge in [-0.15, -0.1) is 0 Å². The summed E-state index contributed by atoms with van der Waals surface area (Å²) in [6, 6.07) is 16.3. The van der Waals surface area contributed by atoms with Crippen LogP contribution in [-0.4, -0.2) is 38.6 Å². The Morgan fingerprint density at radius 2 is 1.80 bits per heavy atom. The van der Waals surface area contributed by atoms with Crippen LogP contribution in [0.5, 0.6) is 5.75 Å². The van der Waals surface area contributed by atoms with Crippen molar-refractivity contribution in [2.24, 2.45) is 0 Å². The average molecular weight is 340 g/mol. The minimum absolute atomic E-state index is 0.0690. The number of rotatable bonds is 8.